The van der Waals surface area contributed by atoms with Crippen molar-refractivity contribution in [3.63, 3.8) is 0 Å². The lowest BCUT2D eigenvalue weighted by Gasteiger charge is -2.35. The molecule has 5 nitrogen and oxygen atoms in total. The number of aryl methyl sites for hydroxylation is 2. The zero-order chi connectivity index (χ0) is 18.1. The standard InChI is InChI=1S/C21H26N4O/c1-14-7-6-8-17(11-14)13-25-10-5-4-9-19(25)20-18(12-22-23-20)21-15(2)16(3)24-26-21/h6-8,11-12,19H,4-5,9-10,13H2,1-3H3,(H,22,23)/t19-/m1/s1. The first-order valence-corrected chi connectivity index (χ1v) is 9.39. The average Bonchev–Trinajstić information content (AvgIpc) is 3.23. The fourth-order valence-corrected chi connectivity index (χ4v) is 3.95. The van der Waals surface area contributed by atoms with Crippen LogP contribution in [-0.4, -0.2) is 26.8 Å². The second-order valence-corrected chi connectivity index (χ2v) is 7.39. The summed E-state index contributed by atoms with van der Waals surface area (Å²) in [5, 5.41) is 11.7. The molecular formula is C21H26N4O. The highest BCUT2D eigenvalue weighted by atomic mass is 16.5. The van der Waals surface area contributed by atoms with Crippen molar-refractivity contribution in [1.29, 1.82) is 0 Å². The van der Waals surface area contributed by atoms with Crippen LogP contribution in [0.2, 0.25) is 0 Å². The van der Waals surface area contributed by atoms with E-state index in [2.05, 4.69) is 58.4 Å². The quantitative estimate of drug-likeness (QED) is 0.740. The van der Waals surface area contributed by atoms with Crippen LogP contribution in [0.3, 0.4) is 0 Å². The van der Waals surface area contributed by atoms with Crippen molar-refractivity contribution in [3.05, 3.63) is 58.5 Å². The van der Waals surface area contributed by atoms with Gasteiger partial charge in [0.15, 0.2) is 5.76 Å². The van der Waals surface area contributed by atoms with Crippen molar-refractivity contribution in [2.24, 2.45) is 0 Å². The monoisotopic (exact) mass is 350 g/mol. The van der Waals surface area contributed by atoms with E-state index >= 15 is 0 Å². The molecule has 0 radical (unpaired) electrons. The van der Waals surface area contributed by atoms with Crippen LogP contribution in [0.1, 0.15) is 53.4 Å². The second-order valence-electron chi connectivity index (χ2n) is 7.39. The third-order valence-corrected chi connectivity index (χ3v) is 5.49. The van der Waals surface area contributed by atoms with Gasteiger partial charge >= 0.3 is 0 Å². The molecule has 0 saturated carbocycles. The van der Waals surface area contributed by atoms with E-state index in [1.807, 2.05) is 13.1 Å². The number of piperidine rings is 1. The SMILES string of the molecule is Cc1cccc(CN2CCCC[C@@H]2c2[nH]ncc2-c2onc(C)c2C)c1. The van der Waals surface area contributed by atoms with Crippen LogP contribution in [0.5, 0.6) is 0 Å². The molecule has 1 atom stereocenters. The largest absolute Gasteiger partial charge is 0.356 e. The van der Waals surface area contributed by atoms with Gasteiger partial charge in [0.05, 0.1) is 29.2 Å². The Hall–Kier alpha value is -2.40. The van der Waals surface area contributed by atoms with Gasteiger partial charge < -0.3 is 4.52 Å². The van der Waals surface area contributed by atoms with Crippen LogP contribution < -0.4 is 0 Å². The summed E-state index contributed by atoms with van der Waals surface area (Å²) in [6.45, 7) is 8.25. The minimum Gasteiger partial charge on any atom is -0.356 e. The molecule has 0 bridgehead atoms. The highest BCUT2D eigenvalue weighted by molar-refractivity contribution is 5.64. The number of aromatic nitrogens is 3. The molecule has 1 N–H and O–H groups in total. The van der Waals surface area contributed by atoms with Gasteiger partial charge in [0.25, 0.3) is 0 Å². The summed E-state index contributed by atoms with van der Waals surface area (Å²) < 4.78 is 5.61. The number of rotatable bonds is 4. The smallest absolute Gasteiger partial charge is 0.173 e. The Balaban J connectivity index is 1.65. The molecule has 0 unspecified atom stereocenters. The molecule has 0 spiro atoms. The average molecular weight is 350 g/mol. The van der Waals surface area contributed by atoms with Crippen molar-refractivity contribution in [3.8, 4) is 11.3 Å². The van der Waals surface area contributed by atoms with E-state index in [-0.39, 0.29) is 0 Å². The minimum atomic E-state index is 0.326. The molecule has 4 rings (SSSR count). The Morgan fingerprint density at radius 3 is 2.88 bits per heavy atom. The maximum atomic E-state index is 5.61. The first-order chi connectivity index (χ1) is 12.6. The lowest BCUT2D eigenvalue weighted by molar-refractivity contribution is 0.137. The Morgan fingerprint density at radius 2 is 2.12 bits per heavy atom. The molecule has 2 aromatic heterocycles. The molecule has 136 valence electrons. The molecule has 1 aromatic carbocycles. The second kappa shape index (κ2) is 7.08. The highest BCUT2D eigenvalue weighted by Crippen LogP contribution is 2.37. The van der Waals surface area contributed by atoms with E-state index in [0.29, 0.717) is 6.04 Å². The van der Waals surface area contributed by atoms with Gasteiger partial charge in [-0.15, -0.1) is 0 Å². The van der Waals surface area contributed by atoms with Crippen molar-refractivity contribution in [2.75, 3.05) is 6.54 Å². The highest BCUT2D eigenvalue weighted by Gasteiger charge is 2.29. The summed E-state index contributed by atoms with van der Waals surface area (Å²) in [7, 11) is 0. The molecule has 5 heteroatoms. The van der Waals surface area contributed by atoms with Crippen molar-refractivity contribution >= 4 is 0 Å². The Bertz CT molecular complexity index is 895. The normalized spacial score (nSPS) is 18.3. The van der Waals surface area contributed by atoms with Gasteiger partial charge in [-0.1, -0.05) is 41.4 Å². The van der Waals surface area contributed by atoms with E-state index in [1.165, 1.54) is 24.0 Å². The summed E-state index contributed by atoms with van der Waals surface area (Å²) in [5.74, 6) is 0.840. The van der Waals surface area contributed by atoms with E-state index in [0.717, 1.165) is 47.8 Å². The molecule has 26 heavy (non-hydrogen) atoms. The maximum Gasteiger partial charge on any atom is 0.173 e. The first-order valence-electron chi connectivity index (χ1n) is 9.39. The number of nitrogens with zero attached hydrogens (tertiary/aromatic N) is 3. The number of hydrogen-bond donors (Lipinski definition) is 1. The van der Waals surface area contributed by atoms with Gasteiger partial charge in [0, 0.05) is 12.1 Å². The van der Waals surface area contributed by atoms with Crippen LogP contribution in [0.4, 0.5) is 0 Å². The van der Waals surface area contributed by atoms with Gasteiger partial charge in [-0.05, 0) is 45.7 Å². The fraction of sp³-hybridized carbons (Fsp3) is 0.429. The number of benzene rings is 1. The molecule has 1 aliphatic heterocycles. The molecule has 3 aromatic rings. The fourth-order valence-electron chi connectivity index (χ4n) is 3.95. The molecule has 0 aliphatic carbocycles. The van der Waals surface area contributed by atoms with Gasteiger partial charge in [-0.2, -0.15) is 5.10 Å². The number of aromatic amines is 1. The van der Waals surface area contributed by atoms with Crippen molar-refractivity contribution in [1.82, 2.24) is 20.3 Å². The van der Waals surface area contributed by atoms with Crippen molar-refractivity contribution < 1.29 is 4.52 Å². The minimum absolute atomic E-state index is 0.326. The van der Waals surface area contributed by atoms with Gasteiger partial charge in [-0.25, -0.2) is 0 Å². The zero-order valence-electron chi connectivity index (χ0n) is 15.7. The molecular weight excluding hydrogens is 324 g/mol. The number of likely N-dealkylation sites (tertiary alicyclic amines) is 1. The van der Waals surface area contributed by atoms with E-state index in [4.69, 9.17) is 4.52 Å². The molecule has 1 fully saturated rings. The van der Waals surface area contributed by atoms with Crippen molar-refractivity contribution in [2.45, 2.75) is 52.6 Å². The maximum absolute atomic E-state index is 5.61. The van der Waals surface area contributed by atoms with E-state index < -0.39 is 0 Å². The number of hydrogen-bond acceptors (Lipinski definition) is 4. The predicted octanol–water partition coefficient (Wildman–Crippen LogP) is 4.72. The summed E-state index contributed by atoms with van der Waals surface area (Å²) >= 11 is 0. The summed E-state index contributed by atoms with van der Waals surface area (Å²) in [6, 6.07) is 9.12. The number of H-pyrrole nitrogens is 1. The van der Waals surface area contributed by atoms with Crippen LogP contribution in [-0.2, 0) is 6.54 Å². The zero-order valence-corrected chi connectivity index (χ0v) is 15.7. The van der Waals surface area contributed by atoms with Crippen LogP contribution in [0.25, 0.3) is 11.3 Å². The van der Waals surface area contributed by atoms with Gasteiger partial charge in [-0.3, -0.25) is 10.00 Å². The van der Waals surface area contributed by atoms with E-state index in [1.54, 1.807) is 0 Å². The molecule has 0 amide bonds. The number of nitrogens with one attached hydrogen (secondary N) is 1. The molecule has 1 saturated heterocycles. The third kappa shape index (κ3) is 3.19. The lowest BCUT2D eigenvalue weighted by atomic mass is 9.95. The topological polar surface area (TPSA) is 58.0 Å². The summed E-state index contributed by atoms with van der Waals surface area (Å²) in [6.07, 6.45) is 5.49. The molecule has 3 heterocycles. The Labute approximate surface area is 154 Å². The third-order valence-electron chi connectivity index (χ3n) is 5.49. The van der Waals surface area contributed by atoms with E-state index in [9.17, 15) is 0 Å². The summed E-state index contributed by atoms with van der Waals surface area (Å²) in [5.41, 5.74) is 6.90. The Morgan fingerprint density at radius 1 is 1.23 bits per heavy atom. The molecule has 1 aliphatic rings. The van der Waals surface area contributed by atoms with Gasteiger partial charge in [0.2, 0.25) is 0 Å². The van der Waals surface area contributed by atoms with Gasteiger partial charge in [0.1, 0.15) is 0 Å². The van der Waals surface area contributed by atoms with Crippen LogP contribution >= 0.6 is 0 Å². The Kier molecular flexibility index (Phi) is 4.64. The lowest BCUT2D eigenvalue weighted by Crippen LogP contribution is -2.33. The first kappa shape index (κ1) is 17.0. The van der Waals surface area contributed by atoms with Crippen LogP contribution in [0.15, 0.2) is 35.0 Å². The van der Waals surface area contributed by atoms with Crippen LogP contribution in [0, 0.1) is 20.8 Å². The summed E-state index contributed by atoms with van der Waals surface area (Å²) in [4.78, 5) is 2.56. The predicted molar refractivity (Wildman–Crippen MR) is 102 cm³/mol.